The lowest BCUT2D eigenvalue weighted by Crippen LogP contribution is -2.34. The van der Waals surface area contributed by atoms with Gasteiger partial charge in [0.1, 0.15) is 5.60 Å². The monoisotopic (exact) mass is 257 g/mol. The van der Waals surface area contributed by atoms with Gasteiger partial charge in [-0.2, -0.15) is 0 Å². The smallest absolute Gasteiger partial charge is 0.133 e. The second-order valence-corrected chi connectivity index (χ2v) is 5.21. The van der Waals surface area contributed by atoms with E-state index in [2.05, 4.69) is 23.3 Å². The van der Waals surface area contributed by atoms with E-state index in [1.54, 1.807) is 6.20 Å². The number of benzene rings is 1. The van der Waals surface area contributed by atoms with Crippen molar-refractivity contribution in [3.63, 3.8) is 0 Å². The number of aryl methyl sites for hydroxylation is 2. The molecule has 0 amide bonds. The van der Waals surface area contributed by atoms with Crippen LogP contribution in [0.2, 0.25) is 0 Å². The summed E-state index contributed by atoms with van der Waals surface area (Å²) < 4.78 is 1.84. The van der Waals surface area contributed by atoms with E-state index in [4.69, 9.17) is 0 Å². The van der Waals surface area contributed by atoms with Gasteiger partial charge in [-0.3, -0.25) is 0 Å². The topological polar surface area (TPSA) is 50.9 Å². The Kier molecular flexibility index (Phi) is 3.11. The number of fused-ring (bicyclic) bond motifs is 1. The summed E-state index contributed by atoms with van der Waals surface area (Å²) in [6.07, 6.45) is 5.45. The molecule has 100 valence electrons. The van der Waals surface area contributed by atoms with Crippen LogP contribution in [0.4, 0.5) is 0 Å². The third-order valence-electron chi connectivity index (χ3n) is 3.92. The van der Waals surface area contributed by atoms with Crippen LogP contribution in [-0.4, -0.2) is 20.1 Å². The van der Waals surface area contributed by atoms with Crippen LogP contribution < -0.4 is 0 Å². The highest BCUT2D eigenvalue weighted by Crippen LogP contribution is 2.39. The zero-order chi connectivity index (χ0) is 13.3. The summed E-state index contributed by atoms with van der Waals surface area (Å²) in [6, 6.07) is 8.15. The van der Waals surface area contributed by atoms with Crippen molar-refractivity contribution in [3.8, 4) is 0 Å². The third-order valence-corrected chi connectivity index (χ3v) is 3.92. The Hall–Kier alpha value is -1.68. The summed E-state index contributed by atoms with van der Waals surface area (Å²) in [5.74, 6) is 0. The lowest BCUT2D eigenvalue weighted by atomic mass is 9.77. The van der Waals surface area contributed by atoms with Crippen molar-refractivity contribution in [2.75, 3.05) is 0 Å². The van der Waals surface area contributed by atoms with E-state index >= 15 is 0 Å². The van der Waals surface area contributed by atoms with E-state index in [0.29, 0.717) is 0 Å². The van der Waals surface area contributed by atoms with Gasteiger partial charge in [0.05, 0.1) is 11.9 Å². The molecule has 4 heteroatoms. The van der Waals surface area contributed by atoms with Gasteiger partial charge in [0, 0.05) is 6.54 Å². The molecule has 4 nitrogen and oxygen atoms in total. The minimum Gasteiger partial charge on any atom is -0.379 e. The van der Waals surface area contributed by atoms with Gasteiger partial charge in [0.25, 0.3) is 0 Å². The summed E-state index contributed by atoms with van der Waals surface area (Å²) in [7, 11) is 0. The van der Waals surface area contributed by atoms with Gasteiger partial charge in [-0.05, 0) is 36.8 Å². The summed E-state index contributed by atoms with van der Waals surface area (Å²) in [5.41, 5.74) is 2.14. The van der Waals surface area contributed by atoms with Crippen molar-refractivity contribution < 1.29 is 5.11 Å². The fraction of sp³-hybridized carbons (Fsp3) is 0.467. The van der Waals surface area contributed by atoms with Gasteiger partial charge in [0.2, 0.25) is 0 Å². The molecule has 0 aliphatic heterocycles. The first kappa shape index (κ1) is 12.4. The van der Waals surface area contributed by atoms with Gasteiger partial charge in [0.15, 0.2) is 0 Å². The molecule has 0 spiro atoms. The zero-order valence-electron chi connectivity index (χ0n) is 11.2. The Balaban J connectivity index is 2.11. The molecular formula is C15H19N3O. The van der Waals surface area contributed by atoms with Crippen LogP contribution in [0.1, 0.15) is 43.0 Å². The summed E-state index contributed by atoms with van der Waals surface area (Å²) in [5, 5.41) is 19.3. The largest absolute Gasteiger partial charge is 0.379 e. The van der Waals surface area contributed by atoms with E-state index in [1.165, 1.54) is 5.56 Å². The fourth-order valence-electron chi connectivity index (χ4n) is 3.03. The second-order valence-electron chi connectivity index (χ2n) is 5.21. The van der Waals surface area contributed by atoms with Crippen LogP contribution in [-0.2, 0) is 18.6 Å². The standard InChI is InChI=1S/C15H19N3O/c1-2-10-18-14(11-16-17-18)15(19)9-5-7-12-6-3-4-8-13(12)15/h3-4,6,8,11,19H,2,5,7,9-10H2,1H3. The van der Waals surface area contributed by atoms with E-state index in [0.717, 1.165) is 43.5 Å². The Morgan fingerprint density at radius 3 is 3.05 bits per heavy atom. The number of rotatable bonds is 3. The molecule has 0 saturated carbocycles. The van der Waals surface area contributed by atoms with Crippen molar-refractivity contribution in [1.29, 1.82) is 0 Å². The average molecular weight is 257 g/mol. The molecule has 1 N–H and O–H groups in total. The van der Waals surface area contributed by atoms with E-state index in [9.17, 15) is 5.11 Å². The number of hydrogen-bond acceptors (Lipinski definition) is 3. The molecule has 1 aromatic heterocycles. The van der Waals surface area contributed by atoms with Crippen LogP contribution in [0, 0.1) is 0 Å². The quantitative estimate of drug-likeness (QED) is 0.917. The van der Waals surface area contributed by atoms with Gasteiger partial charge in [-0.25, -0.2) is 4.68 Å². The number of nitrogens with zero attached hydrogens (tertiary/aromatic N) is 3. The first-order valence-electron chi connectivity index (χ1n) is 6.95. The van der Waals surface area contributed by atoms with Crippen molar-refractivity contribution in [3.05, 3.63) is 47.3 Å². The SMILES string of the molecule is CCCn1nncc1C1(O)CCCc2ccccc21. The van der Waals surface area contributed by atoms with E-state index in [1.807, 2.05) is 22.9 Å². The molecule has 0 fully saturated rings. The molecule has 1 atom stereocenters. The molecule has 1 aromatic carbocycles. The van der Waals surface area contributed by atoms with Crippen molar-refractivity contribution in [2.45, 2.75) is 44.8 Å². The molecule has 3 rings (SSSR count). The average Bonchev–Trinajstić information content (AvgIpc) is 2.89. The summed E-state index contributed by atoms with van der Waals surface area (Å²) in [6.45, 7) is 2.89. The van der Waals surface area contributed by atoms with E-state index in [-0.39, 0.29) is 0 Å². The molecule has 1 aliphatic carbocycles. The molecule has 19 heavy (non-hydrogen) atoms. The highest BCUT2D eigenvalue weighted by molar-refractivity contribution is 5.40. The maximum atomic E-state index is 11.2. The van der Waals surface area contributed by atoms with Gasteiger partial charge >= 0.3 is 0 Å². The molecule has 1 aliphatic rings. The highest BCUT2D eigenvalue weighted by atomic mass is 16.3. The van der Waals surface area contributed by atoms with Crippen molar-refractivity contribution in [2.24, 2.45) is 0 Å². The minimum absolute atomic E-state index is 0.737. The lowest BCUT2D eigenvalue weighted by molar-refractivity contribution is 0.0520. The Morgan fingerprint density at radius 1 is 1.37 bits per heavy atom. The maximum Gasteiger partial charge on any atom is 0.133 e. The summed E-state index contributed by atoms with van der Waals surface area (Å²) in [4.78, 5) is 0. The number of aliphatic hydroxyl groups is 1. The fourth-order valence-corrected chi connectivity index (χ4v) is 3.03. The minimum atomic E-state index is -0.937. The lowest BCUT2D eigenvalue weighted by Gasteiger charge is -2.34. The zero-order valence-corrected chi connectivity index (χ0v) is 11.2. The predicted octanol–water partition coefficient (Wildman–Crippen LogP) is 2.26. The van der Waals surface area contributed by atoms with E-state index < -0.39 is 5.60 Å². The van der Waals surface area contributed by atoms with Crippen molar-refractivity contribution >= 4 is 0 Å². The van der Waals surface area contributed by atoms with Gasteiger partial charge in [-0.1, -0.05) is 36.4 Å². The molecular weight excluding hydrogens is 238 g/mol. The number of hydrogen-bond donors (Lipinski definition) is 1. The second kappa shape index (κ2) is 4.78. The molecule has 1 heterocycles. The Morgan fingerprint density at radius 2 is 2.21 bits per heavy atom. The van der Waals surface area contributed by atoms with Crippen LogP contribution >= 0.6 is 0 Å². The normalized spacial score (nSPS) is 22.2. The molecule has 2 aromatic rings. The van der Waals surface area contributed by atoms with Crippen LogP contribution in [0.25, 0.3) is 0 Å². The first-order chi connectivity index (χ1) is 9.25. The van der Waals surface area contributed by atoms with Crippen LogP contribution in [0.3, 0.4) is 0 Å². The van der Waals surface area contributed by atoms with Gasteiger partial charge < -0.3 is 5.11 Å². The predicted molar refractivity (Wildman–Crippen MR) is 72.7 cm³/mol. The Labute approximate surface area is 113 Å². The molecule has 0 saturated heterocycles. The first-order valence-corrected chi connectivity index (χ1v) is 6.95. The highest BCUT2D eigenvalue weighted by Gasteiger charge is 2.38. The molecule has 1 unspecified atom stereocenters. The molecule has 0 radical (unpaired) electrons. The maximum absolute atomic E-state index is 11.2. The number of aromatic nitrogens is 3. The van der Waals surface area contributed by atoms with Gasteiger partial charge in [-0.15, -0.1) is 5.10 Å². The Bertz CT molecular complexity index is 578. The summed E-state index contributed by atoms with van der Waals surface area (Å²) >= 11 is 0. The molecule has 0 bridgehead atoms. The van der Waals surface area contributed by atoms with Crippen molar-refractivity contribution in [1.82, 2.24) is 15.0 Å². The van der Waals surface area contributed by atoms with Crippen LogP contribution in [0.15, 0.2) is 30.5 Å². The third kappa shape index (κ3) is 1.96. The van der Waals surface area contributed by atoms with Crippen LogP contribution in [0.5, 0.6) is 0 Å².